The third-order valence-corrected chi connectivity index (χ3v) is 2.65. The number of halogens is 1. The third kappa shape index (κ3) is 2.18. The molecule has 1 heterocycles. The molecule has 2 rings (SSSR count). The van der Waals surface area contributed by atoms with Crippen molar-refractivity contribution in [3.05, 3.63) is 42.1 Å². The molecule has 1 atom stereocenters. The van der Waals surface area contributed by atoms with Crippen LogP contribution in [0.3, 0.4) is 0 Å². The number of nitrogens with zero attached hydrogens (tertiary/aromatic N) is 2. The van der Waals surface area contributed by atoms with Crippen LogP contribution in [0, 0.1) is 17.1 Å². The fourth-order valence-corrected chi connectivity index (χ4v) is 1.68. The summed E-state index contributed by atoms with van der Waals surface area (Å²) in [4.78, 5) is 7.13. The Kier molecular flexibility index (Phi) is 3.20. The number of nitriles is 1. The van der Waals surface area contributed by atoms with Gasteiger partial charge >= 0.3 is 0 Å². The summed E-state index contributed by atoms with van der Waals surface area (Å²) < 4.78 is 13.5. The number of imidazole rings is 1. The monoisotopic (exact) mass is 229 g/mol. The van der Waals surface area contributed by atoms with Crippen LogP contribution >= 0.6 is 0 Å². The highest BCUT2D eigenvalue weighted by atomic mass is 19.1. The number of benzene rings is 1. The summed E-state index contributed by atoms with van der Waals surface area (Å²) in [5.74, 6) is 0.0245. The number of aromatic amines is 1. The van der Waals surface area contributed by atoms with Gasteiger partial charge in [-0.05, 0) is 18.6 Å². The van der Waals surface area contributed by atoms with Gasteiger partial charge in [0, 0.05) is 5.56 Å². The van der Waals surface area contributed by atoms with E-state index in [-0.39, 0.29) is 11.7 Å². The van der Waals surface area contributed by atoms with Crippen LogP contribution in [0.2, 0.25) is 0 Å². The predicted octanol–water partition coefficient (Wildman–Crippen LogP) is 3.23. The van der Waals surface area contributed by atoms with E-state index < -0.39 is 0 Å². The summed E-state index contributed by atoms with van der Waals surface area (Å²) in [6.45, 7) is 1.92. The number of H-pyrrole nitrogens is 1. The maximum atomic E-state index is 13.5. The average molecular weight is 229 g/mol. The Morgan fingerprint density at radius 2 is 2.24 bits per heavy atom. The maximum Gasteiger partial charge on any atom is 0.132 e. The van der Waals surface area contributed by atoms with Gasteiger partial charge in [0.2, 0.25) is 0 Å². The molecule has 0 aliphatic heterocycles. The van der Waals surface area contributed by atoms with Crippen molar-refractivity contribution >= 4 is 0 Å². The Balaban J connectivity index is 2.37. The number of nitrogens with one attached hydrogen (secondary N) is 1. The van der Waals surface area contributed by atoms with Gasteiger partial charge in [-0.1, -0.05) is 19.1 Å². The van der Waals surface area contributed by atoms with Gasteiger partial charge in [-0.15, -0.1) is 0 Å². The van der Waals surface area contributed by atoms with Crippen molar-refractivity contribution < 1.29 is 4.39 Å². The molecule has 0 fully saturated rings. The van der Waals surface area contributed by atoms with Gasteiger partial charge in [0.25, 0.3) is 0 Å². The van der Waals surface area contributed by atoms with Crippen LogP contribution in [0.15, 0.2) is 30.5 Å². The van der Waals surface area contributed by atoms with Crippen LogP contribution in [0.25, 0.3) is 11.3 Å². The molecule has 3 nitrogen and oxygen atoms in total. The lowest BCUT2D eigenvalue weighted by Gasteiger charge is -2.01. The Hall–Kier alpha value is -2.15. The molecule has 17 heavy (non-hydrogen) atoms. The smallest absolute Gasteiger partial charge is 0.132 e. The quantitative estimate of drug-likeness (QED) is 0.878. The highest BCUT2D eigenvalue weighted by molar-refractivity contribution is 5.59. The van der Waals surface area contributed by atoms with Gasteiger partial charge < -0.3 is 4.98 Å². The number of hydrogen-bond donors (Lipinski definition) is 1. The molecule has 86 valence electrons. The fraction of sp³-hybridized carbons (Fsp3) is 0.231. The van der Waals surface area contributed by atoms with E-state index in [0.717, 1.165) is 0 Å². The van der Waals surface area contributed by atoms with Crippen LogP contribution in [-0.4, -0.2) is 9.97 Å². The van der Waals surface area contributed by atoms with E-state index in [1.807, 2.05) is 6.92 Å². The zero-order chi connectivity index (χ0) is 12.3. The van der Waals surface area contributed by atoms with Crippen molar-refractivity contribution in [2.24, 2.45) is 0 Å². The normalized spacial score (nSPS) is 12.1. The molecule has 0 aliphatic carbocycles. The van der Waals surface area contributed by atoms with Crippen LogP contribution in [-0.2, 0) is 0 Å². The number of aromatic nitrogens is 2. The predicted molar refractivity (Wildman–Crippen MR) is 62.6 cm³/mol. The first kappa shape index (κ1) is 11.3. The Bertz CT molecular complexity index is 554. The van der Waals surface area contributed by atoms with Crippen molar-refractivity contribution in [1.82, 2.24) is 9.97 Å². The molecule has 4 heteroatoms. The summed E-state index contributed by atoms with van der Waals surface area (Å²) >= 11 is 0. The van der Waals surface area contributed by atoms with Gasteiger partial charge in [-0.25, -0.2) is 9.37 Å². The molecule has 1 N–H and O–H groups in total. The van der Waals surface area contributed by atoms with Crippen LogP contribution in [0.1, 0.15) is 25.1 Å². The van der Waals surface area contributed by atoms with Gasteiger partial charge in [0.15, 0.2) is 0 Å². The Labute approximate surface area is 98.9 Å². The summed E-state index contributed by atoms with van der Waals surface area (Å²) in [5, 5.41) is 8.93. The second kappa shape index (κ2) is 4.79. The molecular weight excluding hydrogens is 217 g/mol. The molecule has 0 amide bonds. The summed E-state index contributed by atoms with van der Waals surface area (Å²) in [6, 6.07) is 8.64. The molecular formula is C13H12FN3. The van der Waals surface area contributed by atoms with Crippen LogP contribution in [0.4, 0.5) is 4.39 Å². The highest BCUT2D eigenvalue weighted by Gasteiger charge is 2.13. The minimum atomic E-state index is -0.298. The van der Waals surface area contributed by atoms with E-state index in [1.165, 1.54) is 6.07 Å². The van der Waals surface area contributed by atoms with E-state index in [4.69, 9.17) is 5.26 Å². The van der Waals surface area contributed by atoms with E-state index in [9.17, 15) is 4.39 Å². The molecule has 2 aromatic rings. The summed E-state index contributed by atoms with van der Waals surface area (Å²) in [6.07, 6.45) is 2.24. The van der Waals surface area contributed by atoms with Crippen LogP contribution < -0.4 is 0 Å². The molecule has 0 saturated carbocycles. The van der Waals surface area contributed by atoms with Crippen LogP contribution in [0.5, 0.6) is 0 Å². The average Bonchev–Trinajstić information content (AvgIpc) is 2.81. The molecule has 0 bridgehead atoms. The largest absolute Gasteiger partial charge is 0.341 e. The SMILES string of the molecule is CCC(C#N)c1ncc(-c2ccccc2F)[nH]1. The lowest BCUT2D eigenvalue weighted by molar-refractivity contribution is 0.630. The standard InChI is InChI=1S/C13H12FN3/c1-2-9(7-15)13-16-8-12(17-13)10-5-3-4-6-11(10)14/h3-6,8-9H,2H2,1H3,(H,16,17). The lowest BCUT2D eigenvalue weighted by atomic mass is 10.1. The molecule has 1 aromatic heterocycles. The minimum Gasteiger partial charge on any atom is -0.341 e. The zero-order valence-corrected chi connectivity index (χ0v) is 9.44. The Morgan fingerprint density at radius 1 is 1.47 bits per heavy atom. The lowest BCUT2D eigenvalue weighted by Crippen LogP contribution is -1.96. The first-order valence-corrected chi connectivity index (χ1v) is 5.45. The third-order valence-electron chi connectivity index (χ3n) is 2.65. The second-order valence-corrected chi connectivity index (χ2v) is 3.75. The number of hydrogen-bond acceptors (Lipinski definition) is 2. The van der Waals surface area contributed by atoms with Crippen molar-refractivity contribution in [3.63, 3.8) is 0 Å². The first-order valence-electron chi connectivity index (χ1n) is 5.45. The molecule has 0 aliphatic rings. The van der Waals surface area contributed by atoms with E-state index in [2.05, 4.69) is 16.0 Å². The zero-order valence-electron chi connectivity index (χ0n) is 9.44. The van der Waals surface area contributed by atoms with E-state index in [0.29, 0.717) is 23.5 Å². The maximum absolute atomic E-state index is 13.5. The second-order valence-electron chi connectivity index (χ2n) is 3.75. The van der Waals surface area contributed by atoms with Gasteiger partial charge in [0.05, 0.1) is 18.0 Å². The molecule has 1 aromatic carbocycles. The summed E-state index contributed by atoms with van der Waals surface area (Å²) in [5.41, 5.74) is 1.07. The minimum absolute atomic E-state index is 0.268. The fourth-order valence-electron chi connectivity index (χ4n) is 1.68. The molecule has 0 radical (unpaired) electrons. The van der Waals surface area contributed by atoms with Gasteiger partial charge in [-0.2, -0.15) is 5.26 Å². The van der Waals surface area contributed by atoms with E-state index in [1.54, 1.807) is 24.4 Å². The van der Waals surface area contributed by atoms with E-state index >= 15 is 0 Å². The molecule has 1 unspecified atom stereocenters. The van der Waals surface area contributed by atoms with Crippen molar-refractivity contribution in [2.75, 3.05) is 0 Å². The highest BCUT2D eigenvalue weighted by Crippen LogP contribution is 2.23. The Morgan fingerprint density at radius 3 is 2.88 bits per heavy atom. The van der Waals surface area contributed by atoms with Gasteiger partial charge in [-0.3, -0.25) is 0 Å². The first-order chi connectivity index (χ1) is 8.26. The summed E-state index contributed by atoms with van der Waals surface area (Å²) in [7, 11) is 0. The van der Waals surface area contributed by atoms with Crippen molar-refractivity contribution in [1.29, 1.82) is 5.26 Å². The number of rotatable bonds is 3. The van der Waals surface area contributed by atoms with Gasteiger partial charge in [0.1, 0.15) is 17.6 Å². The topological polar surface area (TPSA) is 52.5 Å². The molecule has 0 spiro atoms. The molecule has 0 saturated heterocycles. The van der Waals surface area contributed by atoms with Crippen molar-refractivity contribution in [3.8, 4) is 17.3 Å². The van der Waals surface area contributed by atoms with Crippen molar-refractivity contribution in [2.45, 2.75) is 19.3 Å².